The molecule has 5 nitrogen and oxygen atoms in total. The fourth-order valence-electron chi connectivity index (χ4n) is 1.31. The van der Waals surface area contributed by atoms with Gasteiger partial charge in [0, 0.05) is 14.1 Å². The van der Waals surface area contributed by atoms with Crippen LogP contribution in [0.1, 0.15) is 13.8 Å². The normalized spacial score (nSPS) is 12.4. The first-order valence-corrected chi connectivity index (χ1v) is 4.66. The van der Waals surface area contributed by atoms with Crippen LogP contribution in [0.25, 0.3) is 0 Å². The number of amides is 2. The highest BCUT2D eigenvalue weighted by molar-refractivity contribution is 6.57. The first-order valence-electron chi connectivity index (χ1n) is 4.66. The Balaban J connectivity index is 4.82. The Labute approximate surface area is 91.7 Å². The van der Waals surface area contributed by atoms with Crippen LogP contribution < -0.4 is 0 Å². The van der Waals surface area contributed by atoms with Gasteiger partial charge in [-0.2, -0.15) is 0 Å². The molecule has 0 fully saturated rings. The Morgan fingerprint density at radius 3 is 2.00 bits per heavy atom. The number of nitrogens with zero attached hydrogens (tertiary/aromatic N) is 2. The number of hydroxylamine groups is 2. The van der Waals surface area contributed by atoms with Crippen molar-refractivity contribution in [2.24, 2.45) is 5.92 Å². The molecule has 0 spiro atoms. The Morgan fingerprint density at radius 1 is 1.27 bits per heavy atom. The molecule has 0 saturated heterocycles. The van der Waals surface area contributed by atoms with Crippen molar-refractivity contribution < 1.29 is 14.4 Å². The summed E-state index contributed by atoms with van der Waals surface area (Å²) in [7, 11) is 9.50. The van der Waals surface area contributed by atoms with Gasteiger partial charge in [-0.3, -0.25) is 14.4 Å². The SMILES string of the molecule is [B]C(=O)N(C)C(C(=O)N(C)OC)C(C)C. The maximum atomic E-state index is 11.8. The number of hydrogen-bond donors (Lipinski definition) is 0. The van der Waals surface area contributed by atoms with E-state index < -0.39 is 11.8 Å². The molecule has 0 aromatic rings. The van der Waals surface area contributed by atoms with Gasteiger partial charge in [-0.05, 0) is 5.92 Å². The number of carbonyl (C=O) groups excluding carboxylic acids is 2. The van der Waals surface area contributed by atoms with E-state index in [1.54, 1.807) is 0 Å². The zero-order valence-corrected chi connectivity index (χ0v) is 9.85. The maximum Gasteiger partial charge on any atom is 0.268 e. The zero-order chi connectivity index (χ0) is 12.2. The van der Waals surface area contributed by atoms with Crippen LogP contribution in [0.15, 0.2) is 0 Å². The molecule has 84 valence electrons. The second kappa shape index (κ2) is 5.75. The van der Waals surface area contributed by atoms with Crippen LogP contribution in [0.4, 0.5) is 4.79 Å². The van der Waals surface area contributed by atoms with Gasteiger partial charge in [0.15, 0.2) is 5.81 Å². The Morgan fingerprint density at radius 2 is 1.73 bits per heavy atom. The predicted octanol–water partition coefficient (Wildman–Crippen LogP) is 0.251. The highest BCUT2D eigenvalue weighted by Gasteiger charge is 2.30. The van der Waals surface area contributed by atoms with Gasteiger partial charge in [0.2, 0.25) is 7.85 Å². The predicted molar refractivity (Wildman–Crippen MR) is 57.3 cm³/mol. The second-order valence-electron chi connectivity index (χ2n) is 3.66. The fourth-order valence-corrected chi connectivity index (χ4v) is 1.31. The van der Waals surface area contributed by atoms with E-state index in [9.17, 15) is 9.59 Å². The average molecular weight is 212 g/mol. The number of hydrogen-bond acceptors (Lipinski definition) is 3. The van der Waals surface area contributed by atoms with Crippen molar-refractivity contribution in [1.29, 1.82) is 0 Å². The molecule has 0 aromatic carbocycles. The van der Waals surface area contributed by atoms with Crippen molar-refractivity contribution in [1.82, 2.24) is 9.96 Å². The van der Waals surface area contributed by atoms with Crippen LogP contribution in [0.2, 0.25) is 0 Å². The third-order valence-corrected chi connectivity index (χ3v) is 2.23. The molecule has 1 unspecified atom stereocenters. The van der Waals surface area contributed by atoms with Crippen LogP contribution in [0.3, 0.4) is 0 Å². The van der Waals surface area contributed by atoms with Crippen molar-refractivity contribution in [3.05, 3.63) is 0 Å². The molecule has 2 amide bonds. The summed E-state index contributed by atoms with van der Waals surface area (Å²) < 4.78 is 0. The van der Waals surface area contributed by atoms with E-state index in [0.717, 1.165) is 5.06 Å². The standard InChI is InChI=1S/C9H17BN2O3/c1-6(2)7(11(3)9(10)14)8(13)12(4)15-5/h6-7H,1-5H3. The van der Waals surface area contributed by atoms with Crippen LogP contribution >= 0.6 is 0 Å². The lowest BCUT2D eigenvalue weighted by atomic mass is 9.98. The Bertz CT molecular complexity index is 246. The summed E-state index contributed by atoms with van der Waals surface area (Å²) in [6.45, 7) is 3.68. The largest absolute Gasteiger partial charge is 0.343 e. The highest BCUT2D eigenvalue weighted by Crippen LogP contribution is 2.12. The molecule has 15 heavy (non-hydrogen) atoms. The summed E-state index contributed by atoms with van der Waals surface area (Å²) in [6, 6.07) is -0.604. The summed E-state index contributed by atoms with van der Waals surface area (Å²) in [6.07, 6.45) is 0. The van der Waals surface area contributed by atoms with Gasteiger partial charge < -0.3 is 4.90 Å². The minimum Gasteiger partial charge on any atom is -0.343 e. The first-order chi connectivity index (χ1) is 6.82. The number of rotatable bonds is 4. The van der Waals surface area contributed by atoms with Crippen LogP contribution in [0, 0.1) is 5.92 Å². The van der Waals surface area contributed by atoms with Crippen molar-refractivity contribution in [2.75, 3.05) is 21.2 Å². The minimum absolute atomic E-state index is 0.0346. The summed E-state index contributed by atoms with van der Waals surface area (Å²) in [5.41, 5.74) is 0. The molecule has 0 rings (SSSR count). The van der Waals surface area contributed by atoms with E-state index in [-0.39, 0.29) is 11.8 Å². The van der Waals surface area contributed by atoms with Gasteiger partial charge in [-0.25, -0.2) is 5.06 Å². The molecule has 0 aliphatic heterocycles. The topological polar surface area (TPSA) is 49.9 Å². The van der Waals surface area contributed by atoms with Crippen molar-refractivity contribution >= 4 is 19.6 Å². The Hall–Kier alpha value is -1.04. The van der Waals surface area contributed by atoms with Gasteiger partial charge in [-0.1, -0.05) is 13.8 Å². The third-order valence-electron chi connectivity index (χ3n) is 2.23. The molecule has 0 N–H and O–H groups in total. The molecular formula is C9H17BN2O3. The lowest BCUT2D eigenvalue weighted by Gasteiger charge is -2.32. The third kappa shape index (κ3) is 3.55. The lowest BCUT2D eigenvalue weighted by Crippen LogP contribution is -2.50. The van der Waals surface area contributed by atoms with Gasteiger partial charge in [-0.15, -0.1) is 0 Å². The summed E-state index contributed by atoms with van der Waals surface area (Å²) in [4.78, 5) is 28.8. The number of carbonyl (C=O) groups is 2. The fraction of sp³-hybridized carbons (Fsp3) is 0.778. The highest BCUT2D eigenvalue weighted by atomic mass is 16.7. The van der Waals surface area contributed by atoms with Gasteiger partial charge >= 0.3 is 0 Å². The lowest BCUT2D eigenvalue weighted by molar-refractivity contribution is -0.174. The van der Waals surface area contributed by atoms with Crippen molar-refractivity contribution in [3.63, 3.8) is 0 Å². The average Bonchev–Trinajstić information content (AvgIpc) is 2.15. The first kappa shape index (κ1) is 14.0. The summed E-state index contributed by atoms with van der Waals surface area (Å²) >= 11 is 0. The minimum atomic E-state index is -0.633. The molecule has 2 radical (unpaired) electrons. The molecule has 6 heteroatoms. The molecule has 0 aliphatic rings. The van der Waals surface area contributed by atoms with Crippen molar-refractivity contribution in [3.8, 4) is 0 Å². The molecule has 0 aromatic heterocycles. The maximum absolute atomic E-state index is 11.8. The molecule has 0 heterocycles. The van der Waals surface area contributed by atoms with E-state index in [0.29, 0.717) is 0 Å². The van der Waals surface area contributed by atoms with Gasteiger partial charge in [0.25, 0.3) is 5.91 Å². The van der Waals surface area contributed by atoms with Crippen LogP contribution in [-0.4, -0.2) is 56.8 Å². The number of likely N-dealkylation sites (N-methyl/N-ethyl adjacent to an activating group) is 2. The molecule has 0 saturated carbocycles. The van der Waals surface area contributed by atoms with Gasteiger partial charge in [0.05, 0.1) is 7.11 Å². The molecule has 0 aliphatic carbocycles. The zero-order valence-electron chi connectivity index (χ0n) is 9.85. The monoisotopic (exact) mass is 212 g/mol. The molecular weight excluding hydrogens is 195 g/mol. The summed E-state index contributed by atoms with van der Waals surface area (Å²) in [5.74, 6) is -0.965. The van der Waals surface area contributed by atoms with Crippen LogP contribution in [0.5, 0.6) is 0 Å². The quantitative estimate of drug-likeness (QED) is 0.495. The van der Waals surface area contributed by atoms with E-state index in [4.69, 9.17) is 12.7 Å². The second-order valence-corrected chi connectivity index (χ2v) is 3.66. The Kier molecular flexibility index (Phi) is 5.35. The summed E-state index contributed by atoms with van der Waals surface area (Å²) in [5, 5.41) is 1.09. The molecule has 0 bridgehead atoms. The molecule has 1 atom stereocenters. The van der Waals surface area contributed by atoms with E-state index in [1.165, 1.54) is 26.1 Å². The van der Waals surface area contributed by atoms with E-state index in [2.05, 4.69) is 0 Å². The van der Waals surface area contributed by atoms with E-state index in [1.807, 2.05) is 13.8 Å². The van der Waals surface area contributed by atoms with Gasteiger partial charge in [0.1, 0.15) is 6.04 Å². The van der Waals surface area contributed by atoms with Crippen molar-refractivity contribution in [2.45, 2.75) is 19.9 Å². The smallest absolute Gasteiger partial charge is 0.268 e. The van der Waals surface area contributed by atoms with E-state index >= 15 is 0 Å². The van der Waals surface area contributed by atoms with Crippen LogP contribution in [-0.2, 0) is 9.63 Å².